The molecule has 0 saturated heterocycles. The van der Waals surface area contributed by atoms with Gasteiger partial charge in [-0.25, -0.2) is 0 Å². The Morgan fingerprint density at radius 2 is 1.71 bits per heavy atom. The summed E-state index contributed by atoms with van der Waals surface area (Å²) >= 11 is 0. The molecule has 0 bridgehead atoms. The van der Waals surface area contributed by atoms with Crippen LogP contribution in [0.5, 0.6) is 0 Å². The molecule has 4 rings (SSSR count). The van der Waals surface area contributed by atoms with Crippen LogP contribution in [-0.2, 0) is 0 Å². The first kappa shape index (κ1) is 23.6. The molecule has 0 heterocycles. The normalized spacial score (nSPS) is 47.3. The average molecular weight is 429 g/mol. The third-order valence-corrected chi connectivity index (χ3v) is 11.1. The summed E-state index contributed by atoms with van der Waals surface area (Å²) in [6, 6.07) is 0. The lowest BCUT2D eigenvalue weighted by Crippen LogP contribution is -2.54. The minimum absolute atomic E-state index is 0.192. The molecule has 0 aliphatic heterocycles. The van der Waals surface area contributed by atoms with E-state index in [4.69, 9.17) is 0 Å². The Labute approximate surface area is 191 Å². The Bertz CT molecular complexity index is 735. The second-order valence-corrected chi connectivity index (χ2v) is 12.8. The van der Waals surface area contributed by atoms with Crippen molar-refractivity contribution in [2.75, 3.05) is 0 Å². The predicted octanol–water partition coefficient (Wildman–Crippen LogP) is 6.77. The van der Waals surface area contributed by atoms with Gasteiger partial charge in [0, 0.05) is 0 Å². The highest BCUT2D eigenvalue weighted by atomic mass is 16.3. The Balaban J connectivity index is 1.59. The highest BCUT2D eigenvalue weighted by molar-refractivity contribution is 5.28. The van der Waals surface area contributed by atoms with Crippen molar-refractivity contribution in [3.8, 4) is 0 Å². The molecule has 0 aromatic heterocycles. The average Bonchev–Trinajstić information content (AvgIpc) is 3.05. The summed E-state index contributed by atoms with van der Waals surface area (Å²) in [6.07, 6.45) is 12.2. The summed E-state index contributed by atoms with van der Waals surface area (Å²) in [6.45, 7) is 16.8. The maximum Gasteiger partial charge on any atom is 0.0757 e. The molecular formula is C29H48O2. The lowest BCUT2D eigenvalue weighted by molar-refractivity contribution is -0.0951. The summed E-state index contributed by atoms with van der Waals surface area (Å²) in [4.78, 5) is 0. The first-order valence-corrected chi connectivity index (χ1v) is 13.2. The number of fused-ring (bicyclic) bond motifs is 5. The van der Waals surface area contributed by atoms with E-state index in [-0.39, 0.29) is 17.6 Å². The summed E-state index contributed by atoms with van der Waals surface area (Å²) in [5, 5.41) is 21.6. The summed E-state index contributed by atoms with van der Waals surface area (Å²) in [5.41, 5.74) is 3.45. The van der Waals surface area contributed by atoms with Gasteiger partial charge < -0.3 is 10.2 Å². The molecule has 0 amide bonds. The molecule has 2 N–H and O–H groups in total. The molecule has 0 radical (unpaired) electrons. The SMILES string of the molecule is C/C(=C\[C@@H](C)[C@H]1CC[C@H]2[C@@H]3[C@H](O)C=C4C[C@@H](O)CC[C@]4(C)[C@H]3CC[C@]12C)[C@@H](C)C(C)C. The van der Waals surface area contributed by atoms with Crippen LogP contribution in [0.1, 0.15) is 93.4 Å². The van der Waals surface area contributed by atoms with Crippen molar-refractivity contribution in [1.29, 1.82) is 0 Å². The zero-order chi connectivity index (χ0) is 22.7. The number of aliphatic hydroxyl groups excluding tert-OH is 2. The molecule has 2 nitrogen and oxygen atoms in total. The topological polar surface area (TPSA) is 40.5 Å². The molecule has 176 valence electrons. The Kier molecular flexibility index (Phi) is 6.32. The van der Waals surface area contributed by atoms with Crippen molar-refractivity contribution in [2.24, 2.45) is 52.3 Å². The number of rotatable bonds is 4. The van der Waals surface area contributed by atoms with Gasteiger partial charge in [0.25, 0.3) is 0 Å². The van der Waals surface area contributed by atoms with Crippen LogP contribution in [0.2, 0.25) is 0 Å². The largest absolute Gasteiger partial charge is 0.393 e. The quantitative estimate of drug-likeness (QED) is 0.485. The van der Waals surface area contributed by atoms with Crippen molar-refractivity contribution in [2.45, 2.75) is 106 Å². The standard InChI is InChI=1S/C29H48O2/c1-17(2)20(5)18(3)14-19(4)23-8-9-24-27-25(11-13-29(23,24)7)28(6)12-10-22(30)15-21(28)16-26(27)31/h14,16-17,19-20,22-27,30-31H,8-13,15H2,1-7H3/b18-14+/t19-,20+,22+,23-,24+,25+,26-,27+,28+,29-/m1/s1. The lowest BCUT2D eigenvalue weighted by atomic mass is 9.46. The van der Waals surface area contributed by atoms with E-state index in [1.54, 1.807) is 5.57 Å². The van der Waals surface area contributed by atoms with E-state index in [9.17, 15) is 10.2 Å². The fraction of sp³-hybridized carbons (Fsp3) is 0.862. The highest BCUT2D eigenvalue weighted by Crippen LogP contribution is 2.67. The lowest BCUT2D eigenvalue weighted by Gasteiger charge is -2.59. The maximum atomic E-state index is 11.3. The van der Waals surface area contributed by atoms with Crippen LogP contribution < -0.4 is 0 Å². The molecule has 10 atom stereocenters. The van der Waals surface area contributed by atoms with Gasteiger partial charge in [-0.3, -0.25) is 0 Å². The Morgan fingerprint density at radius 1 is 1.00 bits per heavy atom. The molecule has 0 aromatic carbocycles. The number of allylic oxidation sites excluding steroid dienone is 2. The summed E-state index contributed by atoms with van der Waals surface area (Å²) in [7, 11) is 0. The predicted molar refractivity (Wildman–Crippen MR) is 130 cm³/mol. The van der Waals surface area contributed by atoms with Crippen LogP contribution >= 0.6 is 0 Å². The zero-order valence-electron chi connectivity index (χ0n) is 21.2. The van der Waals surface area contributed by atoms with E-state index in [1.165, 1.54) is 31.3 Å². The van der Waals surface area contributed by atoms with Crippen LogP contribution in [0.15, 0.2) is 23.3 Å². The van der Waals surface area contributed by atoms with E-state index >= 15 is 0 Å². The fourth-order valence-electron chi connectivity index (χ4n) is 8.74. The minimum Gasteiger partial charge on any atom is -0.393 e. The van der Waals surface area contributed by atoms with Gasteiger partial charge in [0.1, 0.15) is 0 Å². The van der Waals surface area contributed by atoms with E-state index in [0.29, 0.717) is 40.9 Å². The van der Waals surface area contributed by atoms with Gasteiger partial charge in [-0.2, -0.15) is 0 Å². The molecule has 0 aromatic rings. The molecule has 0 spiro atoms. The minimum atomic E-state index is -0.324. The number of aliphatic hydroxyl groups is 2. The Hall–Kier alpha value is -0.600. The van der Waals surface area contributed by atoms with Gasteiger partial charge in [0.15, 0.2) is 0 Å². The van der Waals surface area contributed by atoms with Crippen LogP contribution in [0, 0.1) is 52.3 Å². The van der Waals surface area contributed by atoms with Crippen LogP contribution in [0.4, 0.5) is 0 Å². The monoisotopic (exact) mass is 428 g/mol. The summed E-state index contributed by atoms with van der Waals surface area (Å²) < 4.78 is 0. The molecule has 4 aliphatic carbocycles. The summed E-state index contributed by atoms with van der Waals surface area (Å²) in [5.74, 6) is 4.30. The van der Waals surface area contributed by atoms with Crippen molar-refractivity contribution in [1.82, 2.24) is 0 Å². The van der Waals surface area contributed by atoms with Crippen molar-refractivity contribution in [3.63, 3.8) is 0 Å². The fourth-order valence-corrected chi connectivity index (χ4v) is 8.74. The van der Waals surface area contributed by atoms with E-state index in [1.807, 2.05) is 0 Å². The Morgan fingerprint density at radius 3 is 2.39 bits per heavy atom. The maximum absolute atomic E-state index is 11.3. The van der Waals surface area contributed by atoms with Gasteiger partial charge >= 0.3 is 0 Å². The first-order chi connectivity index (χ1) is 14.5. The van der Waals surface area contributed by atoms with E-state index in [0.717, 1.165) is 25.2 Å². The van der Waals surface area contributed by atoms with Crippen molar-refractivity contribution < 1.29 is 10.2 Å². The van der Waals surface area contributed by atoms with E-state index < -0.39 is 0 Å². The van der Waals surface area contributed by atoms with Crippen molar-refractivity contribution in [3.05, 3.63) is 23.3 Å². The molecule has 3 saturated carbocycles. The molecule has 2 heteroatoms. The van der Waals surface area contributed by atoms with Crippen molar-refractivity contribution >= 4 is 0 Å². The second-order valence-electron chi connectivity index (χ2n) is 12.8. The van der Waals surface area contributed by atoms with Crippen LogP contribution in [0.3, 0.4) is 0 Å². The van der Waals surface area contributed by atoms with E-state index in [2.05, 4.69) is 60.6 Å². The number of hydrogen-bond donors (Lipinski definition) is 2. The zero-order valence-corrected chi connectivity index (χ0v) is 21.2. The molecule has 3 fully saturated rings. The molecular weight excluding hydrogens is 380 g/mol. The van der Waals surface area contributed by atoms with Gasteiger partial charge in [-0.05, 0) is 104 Å². The van der Waals surface area contributed by atoms with Gasteiger partial charge in [-0.1, -0.05) is 64.8 Å². The smallest absolute Gasteiger partial charge is 0.0757 e. The third kappa shape index (κ3) is 3.78. The second kappa shape index (κ2) is 8.32. The van der Waals surface area contributed by atoms with Gasteiger partial charge in [0.2, 0.25) is 0 Å². The van der Waals surface area contributed by atoms with Crippen LogP contribution in [-0.4, -0.2) is 22.4 Å². The van der Waals surface area contributed by atoms with Crippen LogP contribution in [0.25, 0.3) is 0 Å². The first-order valence-electron chi connectivity index (χ1n) is 13.2. The molecule has 0 unspecified atom stereocenters. The molecule has 31 heavy (non-hydrogen) atoms. The van der Waals surface area contributed by atoms with Gasteiger partial charge in [0.05, 0.1) is 12.2 Å². The highest BCUT2D eigenvalue weighted by Gasteiger charge is 2.61. The van der Waals surface area contributed by atoms with Gasteiger partial charge in [-0.15, -0.1) is 0 Å². The number of hydrogen-bond acceptors (Lipinski definition) is 2. The third-order valence-electron chi connectivity index (χ3n) is 11.1. The molecule has 4 aliphatic rings.